The Labute approximate surface area is 91.0 Å². The average molecular weight is 232 g/mol. The third kappa shape index (κ3) is 3.92. The molecule has 0 saturated carbocycles. The third-order valence-electron chi connectivity index (χ3n) is 1.97. The summed E-state index contributed by atoms with van der Waals surface area (Å²) in [5, 5.41) is 0. The van der Waals surface area contributed by atoms with E-state index >= 15 is 0 Å². The summed E-state index contributed by atoms with van der Waals surface area (Å²) in [6, 6.07) is 4.39. The highest BCUT2D eigenvalue weighted by molar-refractivity contribution is 5.51. The maximum atomic E-state index is 12.1. The Balaban J connectivity index is 2.93. The smallest absolute Gasteiger partial charge is 0.406 e. The van der Waals surface area contributed by atoms with Gasteiger partial charge in [-0.25, -0.2) is 0 Å². The topological polar surface area (TPSA) is 26.3 Å². The zero-order chi connectivity index (χ0) is 12.2. The van der Waals surface area contributed by atoms with Crippen LogP contribution in [0.25, 0.3) is 0 Å². The average Bonchev–Trinajstić information content (AvgIpc) is 2.16. The van der Waals surface area contributed by atoms with Crippen LogP contribution in [0.1, 0.15) is 17.5 Å². The molecule has 0 unspecified atom stereocenters. The van der Waals surface area contributed by atoms with Gasteiger partial charge in [-0.1, -0.05) is 17.7 Å². The lowest BCUT2D eigenvalue weighted by Crippen LogP contribution is -2.18. The highest BCUT2D eigenvalue weighted by atomic mass is 19.4. The molecule has 0 N–H and O–H groups in total. The number of hydrogen-bond donors (Lipinski definition) is 0. The van der Waals surface area contributed by atoms with E-state index in [4.69, 9.17) is 0 Å². The summed E-state index contributed by atoms with van der Waals surface area (Å²) in [6.07, 6.45) is -3.61. The summed E-state index contributed by atoms with van der Waals surface area (Å²) in [6.45, 7) is 1.77. The van der Waals surface area contributed by atoms with Crippen LogP contribution in [0.2, 0.25) is 0 Å². The Bertz CT molecular complexity index is 372. The van der Waals surface area contributed by atoms with Crippen molar-refractivity contribution in [2.75, 3.05) is 0 Å². The van der Waals surface area contributed by atoms with Gasteiger partial charge in [-0.3, -0.25) is 0 Å². The second-order valence-electron chi connectivity index (χ2n) is 3.36. The van der Waals surface area contributed by atoms with Gasteiger partial charge in [0.15, 0.2) is 0 Å². The van der Waals surface area contributed by atoms with Gasteiger partial charge in [0.1, 0.15) is 12.0 Å². The van der Waals surface area contributed by atoms with Gasteiger partial charge in [0.05, 0.1) is 0 Å². The second-order valence-corrected chi connectivity index (χ2v) is 3.36. The molecule has 2 nitrogen and oxygen atoms in total. The van der Waals surface area contributed by atoms with Gasteiger partial charge in [0, 0.05) is 6.42 Å². The lowest BCUT2D eigenvalue weighted by molar-refractivity contribution is -0.274. The molecule has 0 aromatic heterocycles. The number of carbonyl (C=O) groups is 1. The number of aryl methyl sites for hydroxylation is 2. The third-order valence-corrected chi connectivity index (χ3v) is 1.97. The van der Waals surface area contributed by atoms with Crippen LogP contribution in [0, 0.1) is 6.92 Å². The van der Waals surface area contributed by atoms with E-state index < -0.39 is 6.36 Å². The van der Waals surface area contributed by atoms with E-state index in [9.17, 15) is 18.0 Å². The van der Waals surface area contributed by atoms with E-state index in [2.05, 4.69) is 4.74 Å². The molecule has 1 aromatic carbocycles. The summed E-state index contributed by atoms with van der Waals surface area (Å²) in [5.41, 5.74) is 1.22. The largest absolute Gasteiger partial charge is 0.573 e. The van der Waals surface area contributed by atoms with E-state index in [1.807, 2.05) is 0 Å². The quantitative estimate of drug-likeness (QED) is 0.746. The predicted octanol–water partition coefficient (Wildman–Crippen LogP) is 3.03. The lowest BCUT2D eigenvalue weighted by atomic mass is 10.1. The number of benzene rings is 1. The number of carbonyl (C=O) groups excluding carboxylic acids is 1. The summed E-state index contributed by atoms with van der Waals surface area (Å²) in [5.74, 6) is -0.236. The molecule has 0 bridgehead atoms. The Morgan fingerprint density at radius 3 is 2.62 bits per heavy atom. The van der Waals surface area contributed by atoms with Crippen LogP contribution < -0.4 is 4.74 Å². The van der Waals surface area contributed by atoms with Crippen molar-refractivity contribution in [3.8, 4) is 5.75 Å². The van der Waals surface area contributed by atoms with Crippen LogP contribution in [0.3, 0.4) is 0 Å². The fourth-order valence-corrected chi connectivity index (χ4v) is 1.34. The molecule has 0 aliphatic rings. The summed E-state index contributed by atoms with van der Waals surface area (Å²) >= 11 is 0. The molecule has 0 saturated heterocycles. The lowest BCUT2D eigenvalue weighted by Gasteiger charge is -2.13. The van der Waals surface area contributed by atoms with E-state index in [1.54, 1.807) is 13.0 Å². The first-order valence-electron chi connectivity index (χ1n) is 4.71. The Kier molecular flexibility index (Phi) is 3.93. The molecule has 0 heterocycles. The van der Waals surface area contributed by atoms with Crippen molar-refractivity contribution in [2.24, 2.45) is 0 Å². The summed E-state index contributed by atoms with van der Waals surface area (Å²) in [4.78, 5) is 10.2. The molecular weight excluding hydrogens is 221 g/mol. The van der Waals surface area contributed by atoms with Gasteiger partial charge in [-0.05, 0) is 25.0 Å². The van der Waals surface area contributed by atoms with Gasteiger partial charge < -0.3 is 9.53 Å². The van der Waals surface area contributed by atoms with Gasteiger partial charge in [0.25, 0.3) is 0 Å². The van der Waals surface area contributed by atoms with Gasteiger partial charge in [0.2, 0.25) is 0 Å². The second kappa shape index (κ2) is 5.01. The van der Waals surface area contributed by atoms with E-state index in [-0.39, 0.29) is 18.6 Å². The van der Waals surface area contributed by atoms with Crippen molar-refractivity contribution in [3.63, 3.8) is 0 Å². The van der Waals surface area contributed by atoms with E-state index in [0.29, 0.717) is 11.8 Å². The minimum Gasteiger partial charge on any atom is -0.406 e. The monoisotopic (exact) mass is 232 g/mol. The summed E-state index contributed by atoms with van der Waals surface area (Å²) in [7, 11) is 0. The molecular formula is C11H11F3O2. The van der Waals surface area contributed by atoms with Gasteiger partial charge >= 0.3 is 6.36 Å². The standard InChI is InChI=1S/C11H11F3O2/c1-8-4-5-10(16-11(12,13)14)9(7-8)3-2-6-15/h4-7H,2-3H2,1H3. The first-order chi connectivity index (χ1) is 7.42. The maximum absolute atomic E-state index is 12.1. The summed E-state index contributed by atoms with van der Waals surface area (Å²) < 4.78 is 40.0. The maximum Gasteiger partial charge on any atom is 0.573 e. The van der Waals surface area contributed by atoms with Crippen molar-refractivity contribution in [2.45, 2.75) is 26.1 Å². The Morgan fingerprint density at radius 2 is 2.06 bits per heavy atom. The predicted molar refractivity (Wildman–Crippen MR) is 52.2 cm³/mol. The number of hydrogen-bond acceptors (Lipinski definition) is 2. The molecule has 0 amide bonds. The van der Waals surface area contributed by atoms with Gasteiger partial charge in [-0.2, -0.15) is 0 Å². The highest BCUT2D eigenvalue weighted by Gasteiger charge is 2.31. The van der Waals surface area contributed by atoms with Crippen molar-refractivity contribution in [3.05, 3.63) is 29.3 Å². The number of alkyl halides is 3. The van der Waals surface area contributed by atoms with Crippen LogP contribution in [-0.4, -0.2) is 12.6 Å². The molecule has 5 heteroatoms. The molecule has 0 aliphatic heterocycles. The fourth-order valence-electron chi connectivity index (χ4n) is 1.34. The molecule has 1 rings (SSSR count). The number of aldehydes is 1. The van der Waals surface area contributed by atoms with Crippen LogP contribution >= 0.6 is 0 Å². The molecule has 0 radical (unpaired) electrons. The SMILES string of the molecule is Cc1ccc(OC(F)(F)F)c(CCC=O)c1. The Morgan fingerprint density at radius 1 is 1.38 bits per heavy atom. The van der Waals surface area contributed by atoms with E-state index in [1.165, 1.54) is 12.1 Å². The first kappa shape index (κ1) is 12.5. The molecule has 1 aromatic rings. The van der Waals surface area contributed by atoms with Crippen molar-refractivity contribution in [1.29, 1.82) is 0 Å². The molecule has 16 heavy (non-hydrogen) atoms. The van der Waals surface area contributed by atoms with Crippen LogP contribution in [0.4, 0.5) is 13.2 Å². The zero-order valence-electron chi connectivity index (χ0n) is 8.67. The van der Waals surface area contributed by atoms with Gasteiger partial charge in [-0.15, -0.1) is 13.2 Å². The molecule has 0 atom stereocenters. The zero-order valence-corrected chi connectivity index (χ0v) is 8.67. The minimum absolute atomic E-state index is 0.178. The van der Waals surface area contributed by atoms with E-state index in [0.717, 1.165) is 5.56 Å². The molecule has 0 spiro atoms. The van der Waals surface area contributed by atoms with Crippen molar-refractivity contribution < 1.29 is 22.7 Å². The van der Waals surface area contributed by atoms with Crippen molar-refractivity contribution in [1.82, 2.24) is 0 Å². The minimum atomic E-state index is -4.70. The fraction of sp³-hybridized carbons (Fsp3) is 0.364. The van der Waals surface area contributed by atoms with Crippen LogP contribution in [0.5, 0.6) is 5.75 Å². The van der Waals surface area contributed by atoms with Crippen molar-refractivity contribution >= 4 is 6.29 Å². The highest BCUT2D eigenvalue weighted by Crippen LogP contribution is 2.27. The number of ether oxygens (including phenoxy) is 1. The molecule has 0 aliphatic carbocycles. The van der Waals surface area contributed by atoms with Crippen LogP contribution in [0.15, 0.2) is 18.2 Å². The normalized spacial score (nSPS) is 11.2. The number of halogens is 3. The molecule has 88 valence electrons. The number of rotatable bonds is 4. The Hall–Kier alpha value is -1.52. The first-order valence-corrected chi connectivity index (χ1v) is 4.71. The van der Waals surface area contributed by atoms with Crippen LogP contribution in [-0.2, 0) is 11.2 Å². The molecule has 0 fully saturated rings.